The Hall–Kier alpha value is -0.780. The Morgan fingerprint density at radius 3 is 1.70 bits per heavy atom. The highest BCUT2D eigenvalue weighted by atomic mass is 79.9. The van der Waals surface area contributed by atoms with Gasteiger partial charge in [0.1, 0.15) is 0 Å². The van der Waals surface area contributed by atoms with E-state index in [1.165, 1.54) is 0 Å². The van der Waals surface area contributed by atoms with E-state index in [0.29, 0.717) is 5.75 Å². The molecule has 2 rings (SSSR count). The van der Waals surface area contributed by atoms with Crippen LogP contribution in [0.25, 0.3) is 0 Å². The first-order valence-electron chi connectivity index (χ1n) is 5.97. The van der Waals surface area contributed by atoms with Gasteiger partial charge in [0.2, 0.25) is 5.91 Å². The van der Waals surface area contributed by atoms with Crippen molar-refractivity contribution in [2.75, 3.05) is 5.75 Å². The predicted molar refractivity (Wildman–Crippen MR) is 91.8 cm³/mol. The summed E-state index contributed by atoms with van der Waals surface area (Å²) in [5.41, 5.74) is 7.58. The SMILES string of the molecule is NC(=O)CSC(c1ccc(Br)cc1)c1ccc(Br)cc1. The molecule has 0 saturated heterocycles. The van der Waals surface area contributed by atoms with Gasteiger partial charge in [-0.05, 0) is 35.4 Å². The van der Waals surface area contributed by atoms with Gasteiger partial charge in [-0.2, -0.15) is 0 Å². The molecular formula is C15H13Br2NOS. The Bertz CT molecular complexity index is 538. The van der Waals surface area contributed by atoms with Gasteiger partial charge in [-0.3, -0.25) is 4.79 Å². The quantitative estimate of drug-likeness (QED) is 0.781. The standard InChI is InChI=1S/C15H13Br2NOS/c16-12-5-1-10(2-6-12)15(20-9-14(18)19)11-3-7-13(17)8-4-11/h1-8,15H,9H2,(H2,18,19). The number of halogens is 2. The largest absolute Gasteiger partial charge is 0.369 e. The molecule has 0 bridgehead atoms. The summed E-state index contributed by atoms with van der Waals surface area (Å²) >= 11 is 8.41. The van der Waals surface area contributed by atoms with Crippen LogP contribution < -0.4 is 5.73 Å². The zero-order chi connectivity index (χ0) is 14.5. The van der Waals surface area contributed by atoms with Crippen molar-refractivity contribution in [2.24, 2.45) is 5.73 Å². The minimum atomic E-state index is -0.297. The minimum Gasteiger partial charge on any atom is -0.369 e. The second-order valence-corrected chi connectivity index (χ2v) is 7.19. The molecule has 5 heteroatoms. The van der Waals surface area contributed by atoms with Crippen molar-refractivity contribution in [3.8, 4) is 0 Å². The molecule has 0 fully saturated rings. The van der Waals surface area contributed by atoms with Gasteiger partial charge in [-0.15, -0.1) is 11.8 Å². The molecule has 0 heterocycles. The lowest BCUT2D eigenvalue weighted by molar-refractivity contribution is -0.115. The van der Waals surface area contributed by atoms with Crippen molar-refractivity contribution in [1.29, 1.82) is 0 Å². The summed E-state index contributed by atoms with van der Waals surface area (Å²) in [5.74, 6) is 0.00536. The second-order valence-electron chi connectivity index (χ2n) is 4.26. The fraction of sp³-hybridized carbons (Fsp3) is 0.133. The lowest BCUT2D eigenvalue weighted by Gasteiger charge is -2.17. The molecule has 0 aliphatic carbocycles. The maximum atomic E-state index is 11.1. The Kier molecular flexibility index (Phi) is 5.69. The third-order valence-corrected chi connectivity index (χ3v) is 5.12. The second kappa shape index (κ2) is 7.29. The van der Waals surface area contributed by atoms with Crippen molar-refractivity contribution in [3.63, 3.8) is 0 Å². The Morgan fingerprint density at radius 2 is 1.35 bits per heavy atom. The van der Waals surface area contributed by atoms with Crippen molar-refractivity contribution < 1.29 is 4.79 Å². The van der Waals surface area contributed by atoms with E-state index < -0.39 is 0 Å². The zero-order valence-electron chi connectivity index (χ0n) is 10.6. The van der Waals surface area contributed by atoms with E-state index in [1.807, 2.05) is 24.3 Å². The highest BCUT2D eigenvalue weighted by Gasteiger charge is 2.15. The maximum absolute atomic E-state index is 11.1. The molecule has 2 aromatic carbocycles. The van der Waals surface area contributed by atoms with Gasteiger partial charge < -0.3 is 5.73 Å². The average molecular weight is 415 g/mol. The van der Waals surface area contributed by atoms with E-state index in [2.05, 4.69) is 56.1 Å². The summed E-state index contributed by atoms with van der Waals surface area (Å²) in [4.78, 5) is 11.1. The summed E-state index contributed by atoms with van der Waals surface area (Å²) in [6, 6.07) is 16.3. The lowest BCUT2D eigenvalue weighted by Crippen LogP contribution is -2.14. The van der Waals surface area contributed by atoms with Crippen LogP contribution in [-0.2, 0) is 4.79 Å². The number of amides is 1. The molecule has 2 nitrogen and oxygen atoms in total. The molecule has 0 atom stereocenters. The van der Waals surface area contributed by atoms with Crippen LogP contribution in [0.4, 0.5) is 0 Å². The van der Waals surface area contributed by atoms with Gasteiger partial charge in [0.15, 0.2) is 0 Å². The lowest BCUT2D eigenvalue weighted by atomic mass is 10.0. The number of carbonyl (C=O) groups is 1. The first-order valence-corrected chi connectivity index (χ1v) is 8.60. The molecule has 1 amide bonds. The number of carbonyl (C=O) groups excluding carboxylic acids is 1. The summed E-state index contributed by atoms with van der Waals surface area (Å²) in [5, 5.41) is 0.101. The number of hydrogen-bond donors (Lipinski definition) is 1. The minimum absolute atomic E-state index is 0.101. The van der Waals surface area contributed by atoms with E-state index in [0.717, 1.165) is 20.1 Å². The topological polar surface area (TPSA) is 43.1 Å². The van der Waals surface area contributed by atoms with Gasteiger partial charge in [-0.1, -0.05) is 56.1 Å². The number of rotatable bonds is 5. The van der Waals surface area contributed by atoms with Crippen LogP contribution in [0.3, 0.4) is 0 Å². The van der Waals surface area contributed by atoms with Crippen LogP contribution in [0.2, 0.25) is 0 Å². The van der Waals surface area contributed by atoms with Crippen molar-refractivity contribution in [2.45, 2.75) is 5.25 Å². The third-order valence-electron chi connectivity index (χ3n) is 2.74. The van der Waals surface area contributed by atoms with Gasteiger partial charge in [0.05, 0.1) is 11.0 Å². The van der Waals surface area contributed by atoms with E-state index >= 15 is 0 Å². The van der Waals surface area contributed by atoms with Crippen LogP contribution in [-0.4, -0.2) is 11.7 Å². The van der Waals surface area contributed by atoms with Crippen molar-refractivity contribution in [1.82, 2.24) is 0 Å². The fourth-order valence-electron chi connectivity index (χ4n) is 1.83. The van der Waals surface area contributed by atoms with E-state index in [-0.39, 0.29) is 11.2 Å². The maximum Gasteiger partial charge on any atom is 0.227 e. The van der Waals surface area contributed by atoms with Gasteiger partial charge in [-0.25, -0.2) is 0 Å². The molecule has 0 spiro atoms. The fourth-order valence-corrected chi connectivity index (χ4v) is 3.38. The van der Waals surface area contributed by atoms with E-state index in [9.17, 15) is 4.79 Å². The van der Waals surface area contributed by atoms with E-state index in [1.54, 1.807) is 11.8 Å². The van der Waals surface area contributed by atoms with E-state index in [4.69, 9.17) is 5.73 Å². The van der Waals surface area contributed by atoms with Gasteiger partial charge in [0, 0.05) is 8.95 Å². The number of nitrogens with two attached hydrogens (primary N) is 1. The summed E-state index contributed by atoms with van der Waals surface area (Å²) in [6.07, 6.45) is 0. The van der Waals surface area contributed by atoms with Crippen molar-refractivity contribution in [3.05, 3.63) is 68.6 Å². The number of primary amides is 1. The Labute approximate surface area is 139 Å². The molecule has 0 saturated carbocycles. The van der Waals surface area contributed by atoms with Gasteiger partial charge >= 0.3 is 0 Å². The predicted octanol–water partition coefficient (Wildman–Crippen LogP) is 4.52. The van der Waals surface area contributed by atoms with Crippen LogP contribution in [0, 0.1) is 0 Å². The highest BCUT2D eigenvalue weighted by molar-refractivity contribution is 9.10. The summed E-state index contributed by atoms with van der Waals surface area (Å²) in [7, 11) is 0. The zero-order valence-corrected chi connectivity index (χ0v) is 14.5. The average Bonchev–Trinajstić information content (AvgIpc) is 2.42. The normalized spacial score (nSPS) is 10.8. The molecular weight excluding hydrogens is 402 g/mol. The van der Waals surface area contributed by atoms with Crippen LogP contribution in [0.15, 0.2) is 57.5 Å². The number of thioether (sulfide) groups is 1. The molecule has 2 aromatic rings. The molecule has 104 valence electrons. The monoisotopic (exact) mass is 413 g/mol. The number of hydrogen-bond acceptors (Lipinski definition) is 2. The molecule has 0 aliphatic rings. The Morgan fingerprint density at radius 1 is 0.950 bits per heavy atom. The summed E-state index contributed by atoms with van der Waals surface area (Å²) in [6.45, 7) is 0. The van der Waals surface area contributed by atoms with Gasteiger partial charge in [0.25, 0.3) is 0 Å². The molecule has 0 aliphatic heterocycles. The third kappa shape index (κ3) is 4.36. The molecule has 0 radical (unpaired) electrons. The molecule has 0 unspecified atom stereocenters. The van der Waals surface area contributed by atoms with Crippen molar-refractivity contribution >= 4 is 49.5 Å². The first kappa shape index (κ1) is 15.6. The van der Waals surface area contributed by atoms with Crippen LogP contribution in [0.5, 0.6) is 0 Å². The molecule has 0 aromatic heterocycles. The molecule has 20 heavy (non-hydrogen) atoms. The first-order chi connectivity index (χ1) is 9.56. The number of benzene rings is 2. The van der Waals surface area contributed by atoms with Crippen LogP contribution >= 0.6 is 43.6 Å². The highest BCUT2D eigenvalue weighted by Crippen LogP contribution is 2.36. The Balaban J connectivity index is 2.30. The molecule has 2 N–H and O–H groups in total. The smallest absolute Gasteiger partial charge is 0.227 e. The summed E-state index contributed by atoms with van der Waals surface area (Å²) < 4.78 is 2.08. The van der Waals surface area contributed by atoms with Crippen LogP contribution in [0.1, 0.15) is 16.4 Å².